The maximum Gasteiger partial charge on any atom is 0.208 e. The Morgan fingerprint density at radius 1 is 2.00 bits per heavy atom. The fraction of sp³-hybridized carbons (Fsp3) is 0.500. The molecule has 0 aromatic heterocycles. The molecule has 8 heavy (non-hydrogen) atoms. The van der Waals surface area contributed by atoms with Gasteiger partial charge in [0.2, 0.25) is 6.41 Å². The molecule has 0 heterocycles. The third kappa shape index (κ3) is 2.25. The molecule has 0 bridgehead atoms. The van der Waals surface area contributed by atoms with E-state index < -0.39 is 0 Å². The van der Waals surface area contributed by atoms with E-state index in [2.05, 4.69) is 11.2 Å². The van der Waals surface area contributed by atoms with Crippen molar-refractivity contribution in [2.45, 2.75) is 19.4 Å². The molecule has 0 fully saturated rings. The van der Waals surface area contributed by atoms with Gasteiger partial charge in [0.1, 0.15) is 0 Å². The lowest BCUT2D eigenvalue weighted by molar-refractivity contribution is -0.109. The number of hydrogen-bond donors (Lipinski definition) is 1. The Bertz CT molecular complexity index is 104. The van der Waals surface area contributed by atoms with Gasteiger partial charge in [0.25, 0.3) is 0 Å². The largest absolute Gasteiger partial charge is 0.345 e. The van der Waals surface area contributed by atoms with Gasteiger partial charge in [-0.2, -0.15) is 0 Å². The molecule has 1 N–H and O–H groups in total. The standard InChI is InChI=1S/C6H9NO/c1-3-6(4-2)7-5-8/h1,5-6H,4H2,2H3,(H,7,8). The number of terminal acetylenes is 1. The fourth-order valence-corrected chi connectivity index (χ4v) is 0.366. The molecule has 0 aliphatic carbocycles. The number of carbonyl (C=O) groups is 1. The Kier molecular flexibility index (Phi) is 3.69. The van der Waals surface area contributed by atoms with Gasteiger partial charge < -0.3 is 5.32 Å². The maximum atomic E-state index is 9.73. The summed E-state index contributed by atoms with van der Waals surface area (Å²) in [6, 6.07) is -0.0903. The van der Waals surface area contributed by atoms with Gasteiger partial charge in [0, 0.05) is 0 Å². The van der Waals surface area contributed by atoms with E-state index in [9.17, 15) is 4.79 Å². The fourth-order valence-electron chi connectivity index (χ4n) is 0.366. The van der Waals surface area contributed by atoms with Crippen LogP contribution in [-0.4, -0.2) is 12.5 Å². The van der Waals surface area contributed by atoms with Crippen molar-refractivity contribution in [3.8, 4) is 12.3 Å². The molecule has 0 spiro atoms. The first-order valence-corrected chi connectivity index (χ1v) is 2.51. The highest BCUT2D eigenvalue weighted by molar-refractivity contribution is 5.47. The average molecular weight is 111 g/mol. The Morgan fingerprint density at radius 2 is 2.62 bits per heavy atom. The number of amides is 1. The smallest absolute Gasteiger partial charge is 0.208 e. The van der Waals surface area contributed by atoms with E-state index in [0.717, 1.165) is 6.42 Å². The van der Waals surface area contributed by atoms with E-state index in [-0.39, 0.29) is 6.04 Å². The Morgan fingerprint density at radius 3 is 2.75 bits per heavy atom. The maximum absolute atomic E-state index is 9.73. The normalized spacial score (nSPS) is 11.5. The molecular weight excluding hydrogens is 102 g/mol. The number of carbonyl (C=O) groups excluding carboxylic acids is 1. The van der Waals surface area contributed by atoms with Gasteiger partial charge in [-0.3, -0.25) is 4.79 Å². The Hall–Kier alpha value is -0.970. The van der Waals surface area contributed by atoms with E-state index in [1.807, 2.05) is 6.92 Å². The van der Waals surface area contributed by atoms with Crippen molar-refractivity contribution < 1.29 is 4.79 Å². The van der Waals surface area contributed by atoms with Crippen LogP contribution < -0.4 is 5.32 Å². The quantitative estimate of drug-likeness (QED) is 0.407. The summed E-state index contributed by atoms with van der Waals surface area (Å²) in [6.45, 7) is 1.92. The molecule has 0 aliphatic heterocycles. The SMILES string of the molecule is C#CC(CC)NC=O. The second kappa shape index (κ2) is 4.20. The van der Waals surface area contributed by atoms with Crippen LogP contribution >= 0.6 is 0 Å². The van der Waals surface area contributed by atoms with E-state index in [1.54, 1.807) is 0 Å². The molecule has 0 aromatic carbocycles. The second-order valence-corrected chi connectivity index (χ2v) is 1.41. The highest BCUT2D eigenvalue weighted by Crippen LogP contribution is 1.83. The van der Waals surface area contributed by atoms with Crippen LogP contribution in [0.2, 0.25) is 0 Å². The average Bonchev–Trinajstić information content (AvgIpc) is 1.83. The molecule has 1 unspecified atom stereocenters. The van der Waals surface area contributed by atoms with Crippen molar-refractivity contribution >= 4 is 6.41 Å². The molecular formula is C6H9NO. The molecule has 0 aliphatic rings. The van der Waals surface area contributed by atoms with Crippen molar-refractivity contribution in [1.29, 1.82) is 0 Å². The van der Waals surface area contributed by atoms with Crippen molar-refractivity contribution in [3.05, 3.63) is 0 Å². The zero-order chi connectivity index (χ0) is 6.41. The predicted octanol–water partition coefficient (Wildman–Crippen LogP) is 0.144. The first-order valence-electron chi connectivity index (χ1n) is 2.51. The number of hydrogen-bond acceptors (Lipinski definition) is 1. The van der Waals surface area contributed by atoms with Crippen molar-refractivity contribution in [1.82, 2.24) is 5.32 Å². The summed E-state index contributed by atoms with van der Waals surface area (Å²) < 4.78 is 0. The van der Waals surface area contributed by atoms with Crippen LogP contribution in [0, 0.1) is 12.3 Å². The first kappa shape index (κ1) is 7.03. The minimum Gasteiger partial charge on any atom is -0.345 e. The Balaban J connectivity index is 3.40. The van der Waals surface area contributed by atoms with Crippen molar-refractivity contribution in [2.24, 2.45) is 0 Å². The highest BCUT2D eigenvalue weighted by Gasteiger charge is 1.94. The van der Waals surface area contributed by atoms with Crippen LogP contribution in [0.15, 0.2) is 0 Å². The number of nitrogens with one attached hydrogen (secondary N) is 1. The van der Waals surface area contributed by atoms with Gasteiger partial charge in [0.15, 0.2) is 0 Å². The minimum atomic E-state index is -0.0903. The van der Waals surface area contributed by atoms with Crippen LogP contribution in [0.1, 0.15) is 13.3 Å². The van der Waals surface area contributed by atoms with Gasteiger partial charge in [-0.25, -0.2) is 0 Å². The molecule has 2 heteroatoms. The lowest BCUT2D eigenvalue weighted by atomic mass is 10.2. The van der Waals surface area contributed by atoms with Crippen LogP contribution in [0.25, 0.3) is 0 Å². The van der Waals surface area contributed by atoms with Crippen LogP contribution in [-0.2, 0) is 4.79 Å². The zero-order valence-corrected chi connectivity index (χ0v) is 4.85. The van der Waals surface area contributed by atoms with Gasteiger partial charge in [0.05, 0.1) is 6.04 Å². The van der Waals surface area contributed by atoms with E-state index in [0.29, 0.717) is 6.41 Å². The molecule has 2 nitrogen and oxygen atoms in total. The van der Waals surface area contributed by atoms with Gasteiger partial charge in [-0.15, -0.1) is 6.42 Å². The van der Waals surface area contributed by atoms with Gasteiger partial charge >= 0.3 is 0 Å². The zero-order valence-electron chi connectivity index (χ0n) is 4.85. The second-order valence-electron chi connectivity index (χ2n) is 1.41. The van der Waals surface area contributed by atoms with Crippen LogP contribution in [0.3, 0.4) is 0 Å². The summed E-state index contributed by atoms with van der Waals surface area (Å²) in [5, 5.41) is 2.47. The van der Waals surface area contributed by atoms with Crippen molar-refractivity contribution in [2.75, 3.05) is 0 Å². The molecule has 0 aromatic rings. The monoisotopic (exact) mass is 111 g/mol. The van der Waals surface area contributed by atoms with Gasteiger partial charge in [-0.05, 0) is 6.42 Å². The van der Waals surface area contributed by atoms with E-state index in [1.165, 1.54) is 0 Å². The summed E-state index contributed by atoms with van der Waals surface area (Å²) in [7, 11) is 0. The summed E-state index contributed by atoms with van der Waals surface area (Å²) in [6.07, 6.45) is 6.40. The first-order chi connectivity index (χ1) is 3.85. The lowest BCUT2D eigenvalue weighted by Crippen LogP contribution is -2.24. The molecule has 0 radical (unpaired) electrons. The van der Waals surface area contributed by atoms with Crippen LogP contribution in [0.4, 0.5) is 0 Å². The lowest BCUT2D eigenvalue weighted by Gasteiger charge is -2.02. The summed E-state index contributed by atoms with van der Waals surface area (Å²) in [5.74, 6) is 2.41. The molecule has 0 rings (SSSR count). The Labute approximate surface area is 49.3 Å². The van der Waals surface area contributed by atoms with Crippen LogP contribution in [0.5, 0.6) is 0 Å². The highest BCUT2D eigenvalue weighted by atomic mass is 16.1. The molecule has 0 saturated heterocycles. The van der Waals surface area contributed by atoms with E-state index >= 15 is 0 Å². The van der Waals surface area contributed by atoms with E-state index in [4.69, 9.17) is 6.42 Å². The molecule has 1 atom stereocenters. The van der Waals surface area contributed by atoms with Crippen molar-refractivity contribution in [3.63, 3.8) is 0 Å². The third-order valence-corrected chi connectivity index (χ3v) is 0.879. The summed E-state index contributed by atoms with van der Waals surface area (Å²) in [5.41, 5.74) is 0. The molecule has 1 amide bonds. The minimum absolute atomic E-state index is 0.0903. The summed E-state index contributed by atoms with van der Waals surface area (Å²) >= 11 is 0. The predicted molar refractivity (Wildman–Crippen MR) is 32.1 cm³/mol. The molecule has 44 valence electrons. The number of rotatable bonds is 3. The third-order valence-electron chi connectivity index (χ3n) is 0.879. The van der Waals surface area contributed by atoms with Gasteiger partial charge in [-0.1, -0.05) is 12.8 Å². The topological polar surface area (TPSA) is 29.1 Å². The summed E-state index contributed by atoms with van der Waals surface area (Å²) in [4.78, 5) is 9.73. The molecule has 0 saturated carbocycles.